The second kappa shape index (κ2) is 18.3. The van der Waals surface area contributed by atoms with E-state index in [0.717, 1.165) is 12.8 Å². The SMILES string of the molecule is CCCCCCCCCCCCCCCC(=O)N/N=C\c1ccc(OC)c(OC)c1OC. The van der Waals surface area contributed by atoms with Crippen molar-refractivity contribution in [2.45, 2.75) is 96.8 Å². The summed E-state index contributed by atoms with van der Waals surface area (Å²) in [4.78, 5) is 12.0. The number of ether oxygens (including phenoxy) is 3. The van der Waals surface area contributed by atoms with E-state index < -0.39 is 0 Å². The van der Waals surface area contributed by atoms with Crippen molar-refractivity contribution >= 4 is 12.1 Å². The Balaban J connectivity index is 2.14. The molecular weight excluding hydrogens is 404 g/mol. The third-order valence-electron chi connectivity index (χ3n) is 5.63. The van der Waals surface area contributed by atoms with E-state index in [-0.39, 0.29) is 5.91 Å². The number of nitrogens with zero attached hydrogens (tertiary/aromatic N) is 1. The number of methoxy groups -OCH3 is 3. The molecule has 1 amide bonds. The molecule has 1 aromatic rings. The molecule has 0 heterocycles. The molecule has 0 radical (unpaired) electrons. The summed E-state index contributed by atoms with van der Waals surface area (Å²) >= 11 is 0. The Hall–Kier alpha value is -2.24. The van der Waals surface area contributed by atoms with Crippen LogP contribution >= 0.6 is 0 Å². The quantitative estimate of drug-likeness (QED) is 0.146. The van der Waals surface area contributed by atoms with Crippen molar-refractivity contribution in [2.24, 2.45) is 5.10 Å². The minimum atomic E-state index is -0.0660. The maximum Gasteiger partial charge on any atom is 0.240 e. The van der Waals surface area contributed by atoms with Gasteiger partial charge in [-0.3, -0.25) is 4.79 Å². The average molecular weight is 449 g/mol. The van der Waals surface area contributed by atoms with Crippen LogP contribution < -0.4 is 19.6 Å². The summed E-state index contributed by atoms with van der Waals surface area (Å²) in [5.74, 6) is 1.52. The summed E-state index contributed by atoms with van der Waals surface area (Å²) in [7, 11) is 4.68. The minimum absolute atomic E-state index is 0.0660. The lowest BCUT2D eigenvalue weighted by atomic mass is 10.0. The molecule has 6 heteroatoms. The minimum Gasteiger partial charge on any atom is -0.493 e. The lowest BCUT2D eigenvalue weighted by Gasteiger charge is -2.13. The molecule has 0 aliphatic rings. The van der Waals surface area contributed by atoms with Crippen molar-refractivity contribution in [2.75, 3.05) is 21.3 Å². The highest BCUT2D eigenvalue weighted by Crippen LogP contribution is 2.38. The predicted molar refractivity (Wildman–Crippen MR) is 132 cm³/mol. The van der Waals surface area contributed by atoms with Crippen LogP contribution in [0, 0.1) is 0 Å². The summed E-state index contributed by atoms with van der Waals surface area (Å²) in [6.07, 6.45) is 18.9. The van der Waals surface area contributed by atoms with Gasteiger partial charge < -0.3 is 14.2 Å². The van der Waals surface area contributed by atoms with E-state index in [9.17, 15) is 4.79 Å². The molecule has 32 heavy (non-hydrogen) atoms. The van der Waals surface area contributed by atoms with E-state index >= 15 is 0 Å². The number of amides is 1. The topological polar surface area (TPSA) is 69.2 Å². The maximum atomic E-state index is 12.0. The number of benzene rings is 1. The van der Waals surface area contributed by atoms with Gasteiger partial charge in [-0.2, -0.15) is 5.10 Å². The number of hydrogen-bond acceptors (Lipinski definition) is 5. The zero-order valence-electron chi connectivity index (χ0n) is 20.7. The van der Waals surface area contributed by atoms with Crippen LogP contribution in [0.25, 0.3) is 0 Å². The van der Waals surface area contributed by atoms with Gasteiger partial charge in [-0.25, -0.2) is 5.43 Å². The number of carbonyl (C=O) groups is 1. The highest BCUT2D eigenvalue weighted by Gasteiger charge is 2.14. The number of rotatable bonds is 19. The number of nitrogens with one attached hydrogen (secondary N) is 1. The fourth-order valence-electron chi connectivity index (χ4n) is 3.76. The van der Waals surface area contributed by atoms with Crippen LogP contribution in [0.1, 0.15) is 102 Å². The van der Waals surface area contributed by atoms with Gasteiger partial charge in [-0.1, -0.05) is 84.0 Å². The molecule has 0 unspecified atom stereocenters. The Morgan fingerprint density at radius 3 is 1.81 bits per heavy atom. The Bertz CT molecular complexity index is 661. The molecule has 0 bridgehead atoms. The first-order valence-electron chi connectivity index (χ1n) is 12.3. The number of hydrogen-bond donors (Lipinski definition) is 1. The van der Waals surface area contributed by atoms with Gasteiger partial charge >= 0.3 is 0 Å². The molecule has 0 aliphatic carbocycles. The van der Waals surface area contributed by atoms with E-state index in [2.05, 4.69) is 17.5 Å². The molecule has 0 atom stereocenters. The standard InChI is InChI=1S/C26H44N2O4/c1-5-6-7-8-9-10-11-12-13-14-15-16-17-18-24(29)28-27-21-22-19-20-23(30-2)26(32-4)25(22)31-3/h19-21H,5-18H2,1-4H3,(H,28,29)/b27-21-. The van der Waals surface area contributed by atoms with Crippen molar-refractivity contribution in [1.82, 2.24) is 5.43 Å². The van der Waals surface area contributed by atoms with Crippen LogP contribution in [0.3, 0.4) is 0 Å². The van der Waals surface area contributed by atoms with Gasteiger partial charge in [0.15, 0.2) is 11.5 Å². The van der Waals surface area contributed by atoms with Crippen molar-refractivity contribution in [1.29, 1.82) is 0 Å². The van der Waals surface area contributed by atoms with E-state index in [1.54, 1.807) is 33.6 Å². The molecule has 0 saturated carbocycles. The van der Waals surface area contributed by atoms with Gasteiger partial charge in [0, 0.05) is 12.0 Å². The van der Waals surface area contributed by atoms with Gasteiger partial charge in [0.1, 0.15) is 0 Å². The number of unbranched alkanes of at least 4 members (excludes halogenated alkanes) is 12. The van der Waals surface area contributed by atoms with E-state index in [1.807, 2.05) is 6.07 Å². The molecular formula is C26H44N2O4. The summed E-state index contributed by atoms with van der Waals surface area (Å²) < 4.78 is 16.0. The second-order valence-corrected chi connectivity index (χ2v) is 8.21. The average Bonchev–Trinajstić information content (AvgIpc) is 2.81. The van der Waals surface area contributed by atoms with E-state index in [0.29, 0.717) is 29.2 Å². The molecule has 0 aromatic heterocycles. The molecule has 0 aliphatic heterocycles. The van der Waals surface area contributed by atoms with Crippen LogP contribution in [0.2, 0.25) is 0 Å². The Morgan fingerprint density at radius 2 is 1.31 bits per heavy atom. The zero-order chi connectivity index (χ0) is 23.4. The highest BCUT2D eigenvalue weighted by molar-refractivity contribution is 5.87. The summed E-state index contributed by atoms with van der Waals surface area (Å²) in [5, 5.41) is 4.06. The van der Waals surface area contributed by atoms with Crippen LogP contribution in [-0.2, 0) is 4.79 Å². The molecule has 1 aromatic carbocycles. The van der Waals surface area contributed by atoms with Crippen molar-refractivity contribution < 1.29 is 19.0 Å². The molecule has 1 rings (SSSR count). The maximum absolute atomic E-state index is 12.0. The Morgan fingerprint density at radius 1 is 0.781 bits per heavy atom. The van der Waals surface area contributed by atoms with Gasteiger partial charge in [0.05, 0.1) is 27.5 Å². The Labute approximate surface area is 195 Å². The van der Waals surface area contributed by atoms with Gasteiger partial charge in [0.25, 0.3) is 0 Å². The first kappa shape index (κ1) is 27.8. The highest BCUT2D eigenvalue weighted by atomic mass is 16.5. The van der Waals surface area contributed by atoms with Gasteiger partial charge in [-0.15, -0.1) is 0 Å². The first-order valence-corrected chi connectivity index (χ1v) is 12.3. The summed E-state index contributed by atoms with van der Waals surface area (Å²) in [5.41, 5.74) is 3.30. The monoisotopic (exact) mass is 448 g/mol. The van der Waals surface area contributed by atoms with Crippen LogP contribution in [0.4, 0.5) is 0 Å². The van der Waals surface area contributed by atoms with Crippen molar-refractivity contribution in [3.05, 3.63) is 17.7 Å². The van der Waals surface area contributed by atoms with Crippen molar-refractivity contribution in [3.63, 3.8) is 0 Å². The zero-order valence-corrected chi connectivity index (χ0v) is 20.7. The molecule has 0 fully saturated rings. The van der Waals surface area contributed by atoms with E-state index in [1.165, 1.54) is 70.6 Å². The molecule has 0 spiro atoms. The number of hydrazone groups is 1. The summed E-state index contributed by atoms with van der Waals surface area (Å²) in [6.45, 7) is 2.26. The van der Waals surface area contributed by atoms with Crippen molar-refractivity contribution in [3.8, 4) is 17.2 Å². The lowest BCUT2D eigenvalue weighted by Crippen LogP contribution is -2.17. The largest absolute Gasteiger partial charge is 0.493 e. The molecule has 6 nitrogen and oxygen atoms in total. The molecule has 182 valence electrons. The van der Waals surface area contributed by atoms with Crippen LogP contribution in [-0.4, -0.2) is 33.5 Å². The normalized spacial score (nSPS) is 11.0. The molecule has 1 N–H and O–H groups in total. The number of carbonyl (C=O) groups excluding carboxylic acids is 1. The smallest absolute Gasteiger partial charge is 0.240 e. The fourth-order valence-corrected chi connectivity index (χ4v) is 3.76. The fraction of sp³-hybridized carbons (Fsp3) is 0.692. The van der Waals surface area contributed by atoms with Gasteiger partial charge in [0.2, 0.25) is 11.7 Å². The Kier molecular flexibility index (Phi) is 15.9. The van der Waals surface area contributed by atoms with Crippen LogP contribution in [0.15, 0.2) is 17.2 Å². The van der Waals surface area contributed by atoms with Crippen LogP contribution in [0.5, 0.6) is 17.2 Å². The lowest BCUT2D eigenvalue weighted by molar-refractivity contribution is -0.121. The van der Waals surface area contributed by atoms with E-state index in [4.69, 9.17) is 14.2 Å². The third kappa shape index (κ3) is 11.4. The summed E-state index contributed by atoms with van der Waals surface area (Å²) in [6, 6.07) is 3.58. The first-order chi connectivity index (χ1) is 15.7. The van der Waals surface area contributed by atoms with Gasteiger partial charge in [-0.05, 0) is 18.6 Å². The molecule has 0 saturated heterocycles. The second-order valence-electron chi connectivity index (χ2n) is 8.21. The predicted octanol–water partition coefficient (Wildman–Crippen LogP) is 6.64. The third-order valence-corrected chi connectivity index (χ3v) is 5.63.